The Labute approximate surface area is 123 Å². The van der Waals surface area contributed by atoms with Crippen LogP contribution < -0.4 is 0 Å². The van der Waals surface area contributed by atoms with E-state index >= 15 is 0 Å². The molecule has 20 heavy (non-hydrogen) atoms. The summed E-state index contributed by atoms with van der Waals surface area (Å²) in [5.41, 5.74) is 1.14. The van der Waals surface area contributed by atoms with Gasteiger partial charge in [-0.25, -0.2) is 8.42 Å². The normalized spacial score (nSPS) is 25.1. The Morgan fingerprint density at radius 3 is 2.60 bits per heavy atom. The van der Waals surface area contributed by atoms with Crippen LogP contribution in [0.4, 0.5) is 0 Å². The third-order valence-corrected chi connectivity index (χ3v) is 6.11. The Hall–Kier alpha value is -1.05. The number of piperidine rings is 1. The van der Waals surface area contributed by atoms with E-state index in [1.165, 1.54) is 0 Å². The first-order valence-corrected chi connectivity index (χ1v) is 8.87. The van der Waals surface area contributed by atoms with Crippen molar-refractivity contribution >= 4 is 32.8 Å². The number of hydrogen-bond acceptors (Lipinski definition) is 5. The Morgan fingerprint density at radius 1 is 1.20 bits per heavy atom. The quantitative estimate of drug-likeness (QED) is 0.854. The summed E-state index contributed by atoms with van der Waals surface area (Å²) in [5.74, 6) is 0.780. The molecule has 108 valence electrons. The van der Waals surface area contributed by atoms with Gasteiger partial charge in [0.15, 0.2) is 0 Å². The number of fused-ring (bicyclic) bond motifs is 1. The molecule has 1 aliphatic rings. The van der Waals surface area contributed by atoms with E-state index < -0.39 is 10.0 Å². The summed E-state index contributed by atoms with van der Waals surface area (Å²) in [6.07, 6.45) is 1.08. The van der Waals surface area contributed by atoms with Crippen molar-refractivity contribution < 1.29 is 8.42 Å². The molecule has 1 aromatic carbocycles. The van der Waals surface area contributed by atoms with Crippen LogP contribution in [-0.2, 0) is 10.0 Å². The molecule has 0 radical (unpaired) electrons. The van der Waals surface area contributed by atoms with Gasteiger partial charge in [0.25, 0.3) is 0 Å². The molecule has 1 aromatic heterocycles. The minimum atomic E-state index is -3.49. The maximum Gasteiger partial charge on any atom is 0.245 e. The van der Waals surface area contributed by atoms with Crippen molar-refractivity contribution in [3.8, 4) is 0 Å². The molecule has 1 aliphatic heterocycles. The molecule has 0 spiro atoms. The van der Waals surface area contributed by atoms with Crippen LogP contribution in [0.3, 0.4) is 0 Å². The van der Waals surface area contributed by atoms with Crippen molar-refractivity contribution in [1.29, 1.82) is 0 Å². The molecule has 0 aliphatic carbocycles. The van der Waals surface area contributed by atoms with Gasteiger partial charge in [-0.2, -0.15) is 13.1 Å². The van der Waals surface area contributed by atoms with Crippen molar-refractivity contribution in [2.24, 2.45) is 11.8 Å². The van der Waals surface area contributed by atoms with Crippen LogP contribution in [-0.4, -0.2) is 34.6 Å². The average Bonchev–Trinajstić information content (AvgIpc) is 2.85. The molecule has 2 aromatic rings. The van der Waals surface area contributed by atoms with Crippen LogP contribution in [0.15, 0.2) is 23.1 Å². The van der Waals surface area contributed by atoms with E-state index in [1.807, 2.05) is 0 Å². The predicted molar refractivity (Wildman–Crippen MR) is 79.1 cm³/mol. The minimum absolute atomic E-state index is 0.282. The van der Waals surface area contributed by atoms with Crippen LogP contribution in [0.1, 0.15) is 20.3 Å². The Bertz CT molecular complexity index is 716. The van der Waals surface area contributed by atoms with E-state index in [4.69, 9.17) is 0 Å². The third kappa shape index (κ3) is 2.34. The lowest BCUT2D eigenvalue weighted by molar-refractivity contribution is 0.222. The average molecular weight is 311 g/mol. The summed E-state index contributed by atoms with van der Waals surface area (Å²) >= 11 is 1.05. The van der Waals surface area contributed by atoms with Crippen molar-refractivity contribution in [3.63, 3.8) is 0 Å². The molecule has 1 fully saturated rings. The van der Waals surface area contributed by atoms with Crippen molar-refractivity contribution in [2.45, 2.75) is 25.2 Å². The highest BCUT2D eigenvalue weighted by Gasteiger charge is 2.33. The number of rotatable bonds is 2. The SMILES string of the molecule is C[C@@H]1C[C@H](C)CN(S(=O)(=O)c2cccc3nsnc23)C1. The number of aromatic nitrogens is 2. The van der Waals surface area contributed by atoms with Crippen LogP contribution in [0.5, 0.6) is 0 Å². The number of benzene rings is 1. The lowest BCUT2D eigenvalue weighted by Gasteiger charge is -2.34. The van der Waals surface area contributed by atoms with E-state index in [0.717, 1.165) is 18.1 Å². The highest BCUT2D eigenvalue weighted by atomic mass is 32.2. The van der Waals surface area contributed by atoms with Crippen LogP contribution >= 0.6 is 11.7 Å². The van der Waals surface area contributed by atoms with Gasteiger partial charge in [0.1, 0.15) is 15.9 Å². The zero-order valence-corrected chi connectivity index (χ0v) is 13.1. The molecule has 2 heterocycles. The zero-order valence-electron chi connectivity index (χ0n) is 11.5. The zero-order chi connectivity index (χ0) is 14.3. The second kappa shape index (κ2) is 5.05. The molecular weight excluding hydrogens is 294 g/mol. The minimum Gasteiger partial charge on any atom is -0.207 e. The molecule has 0 unspecified atom stereocenters. The summed E-state index contributed by atoms with van der Waals surface area (Å²) in [7, 11) is -3.49. The molecule has 1 saturated heterocycles. The Morgan fingerprint density at radius 2 is 1.90 bits per heavy atom. The fourth-order valence-electron chi connectivity index (χ4n) is 2.93. The van der Waals surface area contributed by atoms with Gasteiger partial charge in [0.05, 0.1) is 11.7 Å². The molecule has 0 amide bonds. The topological polar surface area (TPSA) is 63.2 Å². The van der Waals surface area contributed by atoms with Crippen LogP contribution in [0, 0.1) is 11.8 Å². The van der Waals surface area contributed by atoms with Gasteiger partial charge in [-0.3, -0.25) is 0 Å². The second-order valence-corrected chi connectivity index (χ2v) is 8.09. The molecule has 3 rings (SSSR count). The fourth-order valence-corrected chi connectivity index (χ4v) is 5.36. The molecule has 0 saturated carbocycles. The molecule has 7 heteroatoms. The number of hydrogen-bond donors (Lipinski definition) is 0. The highest BCUT2D eigenvalue weighted by molar-refractivity contribution is 7.89. The molecule has 0 N–H and O–H groups in total. The summed E-state index contributed by atoms with van der Waals surface area (Å²) in [5, 5.41) is 0. The standard InChI is InChI=1S/C13H17N3O2S2/c1-9-6-10(2)8-16(7-9)20(17,18)12-5-3-4-11-13(12)15-19-14-11/h3-5,9-10H,6-8H2,1-2H3/t9-,10+. The fraction of sp³-hybridized carbons (Fsp3) is 0.538. The van der Waals surface area contributed by atoms with E-state index in [0.29, 0.717) is 36.0 Å². The first-order chi connectivity index (χ1) is 9.48. The monoisotopic (exact) mass is 311 g/mol. The van der Waals surface area contributed by atoms with Gasteiger partial charge in [0, 0.05) is 13.1 Å². The summed E-state index contributed by atoms with van der Waals surface area (Å²) in [6.45, 7) is 5.37. The first-order valence-electron chi connectivity index (χ1n) is 6.70. The summed E-state index contributed by atoms with van der Waals surface area (Å²) in [6, 6.07) is 5.15. The van der Waals surface area contributed by atoms with Crippen LogP contribution in [0.25, 0.3) is 11.0 Å². The smallest absolute Gasteiger partial charge is 0.207 e. The van der Waals surface area contributed by atoms with Gasteiger partial charge in [-0.15, -0.1) is 0 Å². The molecule has 0 bridgehead atoms. The Kier molecular flexibility index (Phi) is 3.51. The van der Waals surface area contributed by atoms with Gasteiger partial charge >= 0.3 is 0 Å². The summed E-state index contributed by atoms with van der Waals surface area (Å²) < 4.78 is 35.6. The number of sulfonamides is 1. The van der Waals surface area contributed by atoms with Gasteiger partial charge in [-0.1, -0.05) is 19.9 Å². The molecular formula is C13H17N3O2S2. The van der Waals surface area contributed by atoms with Gasteiger partial charge in [0.2, 0.25) is 10.0 Å². The van der Waals surface area contributed by atoms with E-state index in [2.05, 4.69) is 22.6 Å². The maximum atomic E-state index is 12.9. The third-order valence-electron chi connectivity index (χ3n) is 3.70. The van der Waals surface area contributed by atoms with Gasteiger partial charge in [-0.05, 0) is 30.4 Å². The first kappa shape index (κ1) is 13.9. The van der Waals surface area contributed by atoms with Crippen molar-refractivity contribution in [2.75, 3.05) is 13.1 Å². The highest BCUT2D eigenvalue weighted by Crippen LogP contribution is 2.29. The largest absolute Gasteiger partial charge is 0.245 e. The van der Waals surface area contributed by atoms with Crippen molar-refractivity contribution in [3.05, 3.63) is 18.2 Å². The summed E-state index contributed by atoms with van der Waals surface area (Å²) in [4.78, 5) is 0.282. The second-order valence-electron chi connectivity index (χ2n) is 5.66. The molecule has 2 atom stereocenters. The molecule has 5 nitrogen and oxygen atoms in total. The lowest BCUT2D eigenvalue weighted by atomic mass is 9.94. The predicted octanol–water partition coefficient (Wildman–Crippen LogP) is 2.36. The lowest BCUT2D eigenvalue weighted by Crippen LogP contribution is -2.42. The number of nitrogens with zero attached hydrogens (tertiary/aromatic N) is 3. The van der Waals surface area contributed by atoms with E-state index in [-0.39, 0.29) is 4.90 Å². The maximum absolute atomic E-state index is 12.9. The van der Waals surface area contributed by atoms with E-state index in [9.17, 15) is 8.42 Å². The van der Waals surface area contributed by atoms with E-state index in [1.54, 1.807) is 22.5 Å². The van der Waals surface area contributed by atoms with Crippen LogP contribution in [0.2, 0.25) is 0 Å². The van der Waals surface area contributed by atoms with Crippen molar-refractivity contribution in [1.82, 2.24) is 13.1 Å². The van der Waals surface area contributed by atoms with Gasteiger partial charge < -0.3 is 0 Å². The Balaban J connectivity index is 2.05.